The van der Waals surface area contributed by atoms with Crippen LogP contribution in [0.3, 0.4) is 0 Å². The molecule has 1 amide bonds. The van der Waals surface area contributed by atoms with Gasteiger partial charge in [-0.1, -0.05) is 29.3 Å². The van der Waals surface area contributed by atoms with Crippen molar-refractivity contribution in [2.75, 3.05) is 17.7 Å². The maximum Gasteiger partial charge on any atom is 0.307 e. The lowest BCUT2D eigenvalue weighted by Crippen LogP contribution is -2.21. The van der Waals surface area contributed by atoms with Crippen LogP contribution in [-0.2, 0) is 14.3 Å². The number of amides is 1. The summed E-state index contributed by atoms with van der Waals surface area (Å²) in [5.74, 6) is -0.151. The molecule has 2 aromatic carbocycles. The molecule has 0 saturated carbocycles. The Hall–Kier alpha value is -1.98. The first-order valence-corrected chi connectivity index (χ1v) is 9.21. The number of carbonyl (C=O) groups is 2. The molecule has 0 heterocycles. The predicted octanol–water partition coefficient (Wildman–Crippen LogP) is 4.62. The molecule has 0 aromatic heterocycles. The molecular weight excluding hydrogens is 358 g/mol. The van der Waals surface area contributed by atoms with Crippen LogP contribution in [-0.4, -0.2) is 24.2 Å². The Bertz CT molecular complexity index is 747. The fourth-order valence-corrected chi connectivity index (χ4v) is 3.10. The first kappa shape index (κ1) is 19.3. The van der Waals surface area contributed by atoms with E-state index in [-0.39, 0.29) is 18.9 Å². The lowest BCUT2D eigenvalue weighted by atomic mass is 10.1. The number of esters is 1. The van der Waals surface area contributed by atoms with Crippen LogP contribution in [0.1, 0.15) is 17.5 Å². The van der Waals surface area contributed by atoms with Gasteiger partial charge in [0.05, 0.1) is 6.42 Å². The van der Waals surface area contributed by atoms with Crippen molar-refractivity contribution >= 4 is 40.9 Å². The number of rotatable bonds is 7. The van der Waals surface area contributed by atoms with Gasteiger partial charge in [-0.2, -0.15) is 0 Å². The van der Waals surface area contributed by atoms with E-state index in [9.17, 15) is 9.59 Å². The highest BCUT2D eigenvalue weighted by atomic mass is 35.5. The first-order valence-electron chi connectivity index (χ1n) is 7.85. The third-order valence-electron chi connectivity index (χ3n) is 3.41. The van der Waals surface area contributed by atoms with Gasteiger partial charge < -0.3 is 10.1 Å². The summed E-state index contributed by atoms with van der Waals surface area (Å²) in [6.07, 6.45) is 0.240. The van der Waals surface area contributed by atoms with Crippen molar-refractivity contribution in [3.63, 3.8) is 0 Å². The zero-order valence-electron chi connectivity index (χ0n) is 14.2. The van der Waals surface area contributed by atoms with Crippen molar-refractivity contribution in [2.24, 2.45) is 0 Å². The molecule has 0 atom stereocenters. The van der Waals surface area contributed by atoms with Gasteiger partial charge in [0.2, 0.25) is 0 Å². The number of thioether (sulfide) groups is 1. The second-order valence-corrected chi connectivity index (χ2v) is 7.18. The number of benzene rings is 2. The van der Waals surface area contributed by atoms with Crippen LogP contribution < -0.4 is 5.32 Å². The lowest BCUT2D eigenvalue weighted by Gasteiger charge is -2.09. The zero-order valence-corrected chi connectivity index (χ0v) is 15.7. The fourth-order valence-electron chi connectivity index (χ4n) is 2.14. The van der Waals surface area contributed by atoms with Gasteiger partial charge in [-0.15, -0.1) is 11.8 Å². The molecule has 0 aliphatic heterocycles. The number of anilines is 1. The molecular formula is C19H20ClNO3S. The largest absolute Gasteiger partial charge is 0.456 e. The second-order valence-electron chi connectivity index (χ2n) is 5.58. The van der Waals surface area contributed by atoms with Crippen LogP contribution in [0, 0.1) is 13.8 Å². The molecule has 132 valence electrons. The maximum absolute atomic E-state index is 11.9. The van der Waals surface area contributed by atoms with E-state index in [4.69, 9.17) is 16.3 Å². The van der Waals surface area contributed by atoms with Crippen molar-refractivity contribution in [1.29, 1.82) is 0 Å². The minimum atomic E-state index is -0.391. The Balaban J connectivity index is 1.68. The summed E-state index contributed by atoms with van der Waals surface area (Å²) >= 11 is 7.36. The van der Waals surface area contributed by atoms with Gasteiger partial charge in [0.1, 0.15) is 0 Å². The molecule has 0 spiro atoms. The van der Waals surface area contributed by atoms with Crippen molar-refractivity contribution in [3.05, 3.63) is 58.6 Å². The summed E-state index contributed by atoms with van der Waals surface area (Å²) in [6.45, 7) is 3.63. The fraction of sp³-hybridized carbons (Fsp3) is 0.263. The molecule has 0 aliphatic rings. The van der Waals surface area contributed by atoms with E-state index in [1.165, 1.54) is 11.8 Å². The highest BCUT2D eigenvalue weighted by Gasteiger charge is 2.09. The monoisotopic (exact) mass is 377 g/mol. The summed E-state index contributed by atoms with van der Waals surface area (Å²) in [4.78, 5) is 24.6. The number of hydrogen-bond donors (Lipinski definition) is 1. The average Bonchev–Trinajstić information content (AvgIpc) is 2.57. The summed E-state index contributed by atoms with van der Waals surface area (Å²) in [5.41, 5.74) is 2.82. The Morgan fingerprint density at radius 3 is 2.52 bits per heavy atom. The topological polar surface area (TPSA) is 55.4 Å². The van der Waals surface area contributed by atoms with Crippen LogP contribution in [0.2, 0.25) is 5.02 Å². The van der Waals surface area contributed by atoms with E-state index in [0.717, 1.165) is 21.7 Å². The number of halogens is 1. The van der Waals surface area contributed by atoms with E-state index in [1.54, 1.807) is 12.1 Å². The Labute approximate surface area is 156 Å². The molecule has 1 N–H and O–H groups in total. The van der Waals surface area contributed by atoms with Crippen molar-refractivity contribution < 1.29 is 14.3 Å². The maximum atomic E-state index is 11.9. The van der Waals surface area contributed by atoms with E-state index >= 15 is 0 Å². The van der Waals surface area contributed by atoms with Crippen LogP contribution in [0.5, 0.6) is 0 Å². The Morgan fingerprint density at radius 1 is 1.12 bits per heavy atom. The molecule has 2 aromatic rings. The smallest absolute Gasteiger partial charge is 0.307 e. The van der Waals surface area contributed by atoms with Gasteiger partial charge in [-0.3, -0.25) is 9.59 Å². The SMILES string of the molecule is Cc1ccc(NC(=O)COC(=O)CCSc2ccc(Cl)cc2)c(C)c1. The van der Waals surface area contributed by atoms with Crippen LogP contribution >= 0.6 is 23.4 Å². The molecule has 2 rings (SSSR count). The third-order valence-corrected chi connectivity index (χ3v) is 4.67. The van der Waals surface area contributed by atoms with Gasteiger partial charge in [0, 0.05) is 21.4 Å². The number of ether oxygens (including phenoxy) is 1. The Kier molecular flexibility index (Phi) is 7.34. The number of aryl methyl sites for hydroxylation is 2. The molecule has 0 unspecified atom stereocenters. The highest BCUT2D eigenvalue weighted by molar-refractivity contribution is 7.99. The van der Waals surface area contributed by atoms with Crippen LogP contribution in [0.25, 0.3) is 0 Å². The van der Waals surface area contributed by atoms with E-state index in [1.807, 2.05) is 44.2 Å². The summed E-state index contributed by atoms with van der Waals surface area (Å²) in [6, 6.07) is 13.1. The molecule has 0 saturated heterocycles. The van der Waals surface area contributed by atoms with Gasteiger partial charge in [0.25, 0.3) is 5.91 Å². The van der Waals surface area contributed by atoms with E-state index in [2.05, 4.69) is 5.32 Å². The molecule has 6 heteroatoms. The Morgan fingerprint density at radius 2 is 1.84 bits per heavy atom. The zero-order chi connectivity index (χ0) is 18.2. The third kappa shape index (κ3) is 6.80. The summed E-state index contributed by atoms with van der Waals surface area (Å²) in [5, 5.41) is 3.43. The van der Waals surface area contributed by atoms with E-state index in [0.29, 0.717) is 10.8 Å². The average molecular weight is 378 g/mol. The normalized spacial score (nSPS) is 10.4. The molecule has 0 fully saturated rings. The number of hydrogen-bond acceptors (Lipinski definition) is 4. The van der Waals surface area contributed by atoms with Crippen molar-refractivity contribution in [2.45, 2.75) is 25.2 Å². The van der Waals surface area contributed by atoms with Gasteiger partial charge in [-0.25, -0.2) is 0 Å². The second kappa shape index (κ2) is 9.49. The highest BCUT2D eigenvalue weighted by Crippen LogP contribution is 2.21. The van der Waals surface area contributed by atoms with Gasteiger partial charge >= 0.3 is 5.97 Å². The number of carbonyl (C=O) groups excluding carboxylic acids is 2. The van der Waals surface area contributed by atoms with Crippen molar-refractivity contribution in [1.82, 2.24) is 0 Å². The first-order chi connectivity index (χ1) is 11.9. The predicted molar refractivity (Wildman–Crippen MR) is 102 cm³/mol. The number of nitrogens with one attached hydrogen (secondary N) is 1. The van der Waals surface area contributed by atoms with E-state index < -0.39 is 5.97 Å². The molecule has 0 bridgehead atoms. The minimum absolute atomic E-state index is 0.240. The summed E-state index contributed by atoms with van der Waals surface area (Å²) < 4.78 is 5.01. The quantitative estimate of drug-likeness (QED) is 0.565. The minimum Gasteiger partial charge on any atom is -0.456 e. The summed E-state index contributed by atoms with van der Waals surface area (Å²) in [7, 11) is 0. The van der Waals surface area contributed by atoms with Gasteiger partial charge in [-0.05, 0) is 49.7 Å². The molecule has 0 radical (unpaired) electrons. The molecule has 25 heavy (non-hydrogen) atoms. The van der Waals surface area contributed by atoms with Gasteiger partial charge in [0.15, 0.2) is 6.61 Å². The lowest BCUT2D eigenvalue weighted by molar-refractivity contribution is -0.146. The standard InChI is InChI=1S/C19H20ClNO3S/c1-13-3-8-17(14(2)11-13)21-18(22)12-24-19(23)9-10-25-16-6-4-15(20)5-7-16/h3-8,11H,9-10,12H2,1-2H3,(H,21,22). The molecule has 4 nitrogen and oxygen atoms in total. The molecule has 0 aliphatic carbocycles. The van der Waals surface area contributed by atoms with Crippen LogP contribution in [0.15, 0.2) is 47.4 Å². The van der Waals surface area contributed by atoms with Crippen molar-refractivity contribution in [3.8, 4) is 0 Å². The van der Waals surface area contributed by atoms with Crippen LogP contribution in [0.4, 0.5) is 5.69 Å².